The number of carbonyl (C=O) groups is 1. The molecule has 27 heavy (non-hydrogen) atoms. The zero-order valence-corrected chi connectivity index (χ0v) is 16.1. The predicted octanol–water partition coefficient (Wildman–Crippen LogP) is 4.54. The van der Waals surface area contributed by atoms with Gasteiger partial charge in [0, 0.05) is 12.1 Å². The van der Waals surface area contributed by atoms with Gasteiger partial charge in [-0.3, -0.25) is 14.9 Å². The Balaban J connectivity index is 2.18. The van der Waals surface area contributed by atoms with Crippen molar-refractivity contribution in [3.63, 3.8) is 0 Å². The molecular weight excluding hydrogens is 372 g/mol. The van der Waals surface area contributed by atoms with E-state index in [-0.39, 0.29) is 22.3 Å². The van der Waals surface area contributed by atoms with Gasteiger partial charge in [0.1, 0.15) is 0 Å². The maximum Gasteiger partial charge on any atom is 0.270 e. The summed E-state index contributed by atoms with van der Waals surface area (Å²) in [6, 6.07) is 8.87. The first-order valence-corrected chi connectivity index (χ1v) is 8.89. The maximum absolute atomic E-state index is 12.5. The molecule has 0 radical (unpaired) electrons. The molecule has 8 heteroatoms. The van der Waals surface area contributed by atoms with E-state index in [1.54, 1.807) is 6.07 Å². The van der Waals surface area contributed by atoms with Crippen LogP contribution in [0.15, 0.2) is 36.4 Å². The number of amides is 1. The normalized spacial score (nSPS) is 11.6. The molecule has 0 bridgehead atoms. The molecular formula is C19H21ClN2O5. The summed E-state index contributed by atoms with van der Waals surface area (Å²) in [5.74, 6) is 0.820. The molecule has 0 fully saturated rings. The van der Waals surface area contributed by atoms with E-state index in [0.29, 0.717) is 24.7 Å². The Kier molecular flexibility index (Phi) is 7.01. The zero-order chi connectivity index (χ0) is 20.0. The molecule has 0 aliphatic carbocycles. The highest BCUT2D eigenvalue weighted by atomic mass is 35.5. The fourth-order valence-electron chi connectivity index (χ4n) is 2.50. The van der Waals surface area contributed by atoms with Gasteiger partial charge in [0.2, 0.25) is 0 Å². The molecule has 0 unspecified atom stereocenters. The number of carbonyl (C=O) groups excluding carboxylic acids is 1. The fraction of sp³-hybridized carbons (Fsp3) is 0.316. The average molecular weight is 393 g/mol. The second kappa shape index (κ2) is 9.23. The molecule has 0 saturated heterocycles. The van der Waals surface area contributed by atoms with Crippen LogP contribution >= 0.6 is 11.6 Å². The van der Waals surface area contributed by atoms with E-state index in [1.807, 2.05) is 32.9 Å². The summed E-state index contributed by atoms with van der Waals surface area (Å²) in [7, 11) is 0. The van der Waals surface area contributed by atoms with E-state index in [0.717, 1.165) is 11.6 Å². The Morgan fingerprint density at radius 3 is 2.41 bits per heavy atom. The molecule has 1 atom stereocenters. The number of halogens is 1. The van der Waals surface area contributed by atoms with Crippen molar-refractivity contribution in [2.24, 2.45) is 0 Å². The van der Waals surface area contributed by atoms with Crippen molar-refractivity contribution in [1.29, 1.82) is 0 Å². The number of hydrogen-bond donors (Lipinski definition) is 1. The number of nitrogens with one attached hydrogen (secondary N) is 1. The van der Waals surface area contributed by atoms with Crippen molar-refractivity contribution in [3.8, 4) is 11.5 Å². The SMILES string of the molecule is CCOc1ccc([C@H](C)NC(=O)c2ccc([N+](=O)[O-])cc2Cl)cc1OCC. The first-order valence-electron chi connectivity index (χ1n) is 8.51. The molecule has 2 aromatic carbocycles. The molecule has 2 rings (SSSR count). The van der Waals surface area contributed by atoms with Gasteiger partial charge in [0.05, 0.1) is 34.8 Å². The summed E-state index contributed by atoms with van der Waals surface area (Å²) in [5.41, 5.74) is 0.829. The molecule has 0 saturated carbocycles. The van der Waals surface area contributed by atoms with E-state index in [1.165, 1.54) is 12.1 Å². The van der Waals surface area contributed by atoms with Crippen molar-refractivity contribution in [1.82, 2.24) is 5.32 Å². The van der Waals surface area contributed by atoms with Crippen LogP contribution in [0.25, 0.3) is 0 Å². The third-order valence-electron chi connectivity index (χ3n) is 3.82. The van der Waals surface area contributed by atoms with E-state index in [4.69, 9.17) is 21.1 Å². The molecule has 0 aliphatic heterocycles. The van der Waals surface area contributed by atoms with Crippen LogP contribution in [-0.4, -0.2) is 24.0 Å². The summed E-state index contributed by atoms with van der Waals surface area (Å²) >= 11 is 6.02. The summed E-state index contributed by atoms with van der Waals surface area (Å²) in [6.07, 6.45) is 0. The van der Waals surface area contributed by atoms with Gasteiger partial charge in [-0.1, -0.05) is 17.7 Å². The van der Waals surface area contributed by atoms with E-state index < -0.39 is 10.8 Å². The lowest BCUT2D eigenvalue weighted by molar-refractivity contribution is -0.384. The molecule has 0 aromatic heterocycles. The lowest BCUT2D eigenvalue weighted by atomic mass is 10.1. The third kappa shape index (κ3) is 5.10. The van der Waals surface area contributed by atoms with E-state index >= 15 is 0 Å². The minimum atomic E-state index is -0.564. The molecule has 7 nitrogen and oxygen atoms in total. The molecule has 144 valence electrons. The van der Waals surface area contributed by atoms with Gasteiger partial charge in [-0.2, -0.15) is 0 Å². The molecule has 0 heterocycles. The number of benzene rings is 2. The number of nitrogens with zero attached hydrogens (tertiary/aromatic N) is 1. The Morgan fingerprint density at radius 2 is 1.81 bits per heavy atom. The molecule has 0 aliphatic rings. The number of nitro benzene ring substituents is 1. The number of ether oxygens (including phenoxy) is 2. The van der Waals surface area contributed by atoms with Gasteiger partial charge < -0.3 is 14.8 Å². The van der Waals surface area contributed by atoms with Crippen LogP contribution in [0.5, 0.6) is 11.5 Å². The number of non-ortho nitro benzene ring substituents is 1. The third-order valence-corrected chi connectivity index (χ3v) is 4.14. The highest BCUT2D eigenvalue weighted by Crippen LogP contribution is 2.31. The lowest BCUT2D eigenvalue weighted by Gasteiger charge is -2.18. The Hall–Kier alpha value is -2.80. The first kappa shape index (κ1) is 20.5. The Bertz CT molecular complexity index is 841. The minimum absolute atomic E-state index is 0.0237. The summed E-state index contributed by atoms with van der Waals surface area (Å²) < 4.78 is 11.1. The van der Waals surface area contributed by atoms with Crippen LogP contribution < -0.4 is 14.8 Å². The Labute approximate surface area is 162 Å². The van der Waals surface area contributed by atoms with Gasteiger partial charge in [0.15, 0.2) is 11.5 Å². The summed E-state index contributed by atoms with van der Waals surface area (Å²) in [4.78, 5) is 22.7. The Morgan fingerprint density at radius 1 is 1.15 bits per heavy atom. The summed E-state index contributed by atoms with van der Waals surface area (Å²) in [5, 5.41) is 13.6. The summed E-state index contributed by atoms with van der Waals surface area (Å²) in [6.45, 7) is 6.60. The van der Waals surface area contributed by atoms with Crippen LogP contribution in [0.4, 0.5) is 5.69 Å². The number of rotatable bonds is 8. The smallest absolute Gasteiger partial charge is 0.270 e. The number of hydrogen-bond acceptors (Lipinski definition) is 5. The second-order valence-corrected chi connectivity index (χ2v) is 6.10. The van der Waals surface area contributed by atoms with Crippen molar-refractivity contribution < 1.29 is 19.2 Å². The van der Waals surface area contributed by atoms with Gasteiger partial charge in [0.25, 0.3) is 11.6 Å². The monoisotopic (exact) mass is 392 g/mol. The molecule has 1 N–H and O–H groups in total. The standard InChI is InChI=1S/C19H21ClN2O5/c1-4-26-17-9-6-13(10-18(17)27-5-2)12(3)21-19(23)15-8-7-14(22(24)25)11-16(15)20/h6-12H,4-5H2,1-3H3,(H,21,23)/t12-/m0/s1. The van der Waals surface area contributed by atoms with Crippen molar-refractivity contribution in [2.45, 2.75) is 26.8 Å². The zero-order valence-electron chi connectivity index (χ0n) is 15.3. The second-order valence-electron chi connectivity index (χ2n) is 5.69. The molecule has 2 aromatic rings. The van der Waals surface area contributed by atoms with Gasteiger partial charge >= 0.3 is 0 Å². The van der Waals surface area contributed by atoms with E-state index in [9.17, 15) is 14.9 Å². The van der Waals surface area contributed by atoms with Crippen LogP contribution in [0.3, 0.4) is 0 Å². The number of nitro groups is 1. The fourth-order valence-corrected chi connectivity index (χ4v) is 2.76. The first-order chi connectivity index (χ1) is 12.9. The quantitative estimate of drug-likeness (QED) is 0.526. The molecule has 1 amide bonds. The average Bonchev–Trinajstić information content (AvgIpc) is 2.63. The van der Waals surface area contributed by atoms with E-state index in [2.05, 4.69) is 5.32 Å². The van der Waals surface area contributed by atoms with Crippen molar-refractivity contribution in [2.75, 3.05) is 13.2 Å². The van der Waals surface area contributed by atoms with Crippen molar-refractivity contribution >= 4 is 23.2 Å². The minimum Gasteiger partial charge on any atom is -0.490 e. The highest BCUT2D eigenvalue weighted by Gasteiger charge is 2.18. The van der Waals surface area contributed by atoms with Crippen molar-refractivity contribution in [3.05, 3.63) is 62.7 Å². The van der Waals surface area contributed by atoms with Gasteiger partial charge in [-0.15, -0.1) is 0 Å². The van der Waals surface area contributed by atoms with Crippen LogP contribution in [-0.2, 0) is 0 Å². The maximum atomic E-state index is 12.5. The lowest BCUT2D eigenvalue weighted by Crippen LogP contribution is -2.27. The van der Waals surface area contributed by atoms with Crippen LogP contribution in [0.1, 0.15) is 42.7 Å². The largest absolute Gasteiger partial charge is 0.490 e. The highest BCUT2D eigenvalue weighted by molar-refractivity contribution is 6.34. The van der Waals surface area contributed by atoms with Crippen LogP contribution in [0.2, 0.25) is 5.02 Å². The topological polar surface area (TPSA) is 90.7 Å². The van der Waals surface area contributed by atoms with Gasteiger partial charge in [-0.05, 0) is 44.5 Å². The predicted molar refractivity (Wildman–Crippen MR) is 103 cm³/mol. The van der Waals surface area contributed by atoms with Crippen LogP contribution in [0, 0.1) is 10.1 Å². The van der Waals surface area contributed by atoms with Gasteiger partial charge in [-0.25, -0.2) is 0 Å². The molecule has 0 spiro atoms.